The van der Waals surface area contributed by atoms with E-state index < -0.39 is 5.82 Å². The molecular formula is C31H33ClFN7O2Se. The number of rotatable bonds is 8. The first kappa shape index (κ1) is 28.8. The minimum atomic E-state index is -0.555. The molecule has 2 aromatic carbocycles. The maximum absolute atomic E-state index is 16.8. The van der Waals surface area contributed by atoms with Crippen molar-refractivity contribution in [2.75, 3.05) is 57.1 Å². The number of halogens is 2. The number of methoxy groups -OCH3 is 1. The van der Waals surface area contributed by atoms with Crippen LogP contribution < -0.4 is 20.7 Å². The molecule has 2 bridgehead atoms. The monoisotopic (exact) mass is 669 g/mol. The topological polar surface area (TPSA) is 113 Å². The van der Waals surface area contributed by atoms with Gasteiger partial charge in [0.15, 0.2) is 0 Å². The number of anilines is 2. The number of benzene rings is 2. The van der Waals surface area contributed by atoms with Crippen molar-refractivity contribution < 1.29 is 13.9 Å². The Morgan fingerprint density at radius 2 is 2.05 bits per heavy atom. The first-order valence-corrected chi connectivity index (χ1v) is 16.8. The summed E-state index contributed by atoms with van der Waals surface area (Å²) in [4.78, 5) is 14.1. The number of fused-ring (bicyclic) bond motifs is 4. The zero-order valence-electron chi connectivity index (χ0n) is 23.9. The van der Waals surface area contributed by atoms with E-state index in [0.717, 1.165) is 56.1 Å². The molecule has 3 N–H and O–H groups in total. The van der Waals surface area contributed by atoms with Crippen molar-refractivity contribution in [2.45, 2.75) is 43.8 Å². The average Bonchev–Trinajstić information content (AvgIpc) is 3.70. The fourth-order valence-electron chi connectivity index (χ4n) is 6.93. The Kier molecular flexibility index (Phi) is 7.93. The molecule has 9 nitrogen and oxygen atoms in total. The summed E-state index contributed by atoms with van der Waals surface area (Å²) in [6.45, 7) is 4.42. The third-order valence-corrected chi connectivity index (χ3v) is 11.3. The van der Waals surface area contributed by atoms with E-state index in [1.54, 1.807) is 19.2 Å². The summed E-state index contributed by atoms with van der Waals surface area (Å²) in [7, 11) is 1.71. The van der Waals surface area contributed by atoms with Crippen LogP contribution >= 0.6 is 11.6 Å². The molecule has 3 saturated heterocycles. The number of aromatic nitrogens is 2. The van der Waals surface area contributed by atoms with Crippen LogP contribution in [0, 0.1) is 17.1 Å². The second-order valence-corrected chi connectivity index (χ2v) is 14.3. The number of nitriles is 1. The molecule has 43 heavy (non-hydrogen) atoms. The average molecular weight is 669 g/mol. The zero-order valence-corrected chi connectivity index (χ0v) is 26.4. The van der Waals surface area contributed by atoms with Gasteiger partial charge < -0.3 is 4.74 Å². The van der Waals surface area contributed by atoms with E-state index in [4.69, 9.17) is 31.8 Å². The molecule has 0 radical (unpaired) electrons. The molecule has 4 aromatic rings. The molecular weight excluding hydrogens is 636 g/mol. The van der Waals surface area contributed by atoms with Gasteiger partial charge in [0.25, 0.3) is 0 Å². The van der Waals surface area contributed by atoms with Crippen molar-refractivity contribution in [3.05, 3.63) is 40.7 Å². The summed E-state index contributed by atoms with van der Waals surface area (Å²) in [6, 6.07) is 10.7. The Morgan fingerprint density at radius 3 is 2.81 bits per heavy atom. The number of nitrogens with zero attached hydrogens (tertiary/aromatic N) is 5. The van der Waals surface area contributed by atoms with Gasteiger partial charge >= 0.3 is 223 Å². The summed E-state index contributed by atoms with van der Waals surface area (Å²) in [5, 5.41) is 15.0. The number of nitrogens with one attached hydrogen (secondary N) is 1. The molecule has 3 aliphatic rings. The molecule has 0 spiro atoms. The van der Waals surface area contributed by atoms with Crippen molar-refractivity contribution in [3.8, 4) is 23.2 Å². The predicted molar refractivity (Wildman–Crippen MR) is 168 cm³/mol. The fourth-order valence-corrected chi connectivity index (χ4v) is 9.21. The SMILES string of the molecule is COCCN1CCC[C@@H]1COc1nc(N2C[C@H]3CC[C@@H](C2)N3)c2cc(Cl)c(-c3cccc4[se]c(N)c(C#N)c34)c(F)c2n1. The van der Waals surface area contributed by atoms with Crippen LogP contribution in [0.4, 0.5) is 14.8 Å². The Hall–Kier alpha value is -2.97. The number of hydrogen-bond donors (Lipinski definition) is 2. The molecule has 224 valence electrons. The van der Waals surface area contributed by atoms with Crippen molar-refractivity contribution in [1.29, 1.82) is 5.26 Å². The number of piperazine rings is 1. The van der Waals surface area contributed by atoms with E-state index in [1.807, 2.05) is 12.1 Å². The number of likely N-dealkylation sites (tertiary alicyclic amines) is 1. The predicted octanol–water partition coefficient (Wildman–Crippen LogP) is 4.18. The molecule has 3 atom stereocenters. The second-order valence-electron chi connectivity index (χ2n) is 11.6. The van der Waals surface area contributed by atoms with Gasteiger partial charge in [0, 0.05) is 13.7 Å². The summed E-state index contributed by atoms with van der Waals surface area (Å²) < 4.78 is 29.9. The van der Waals surface area contributed by atoms with Gasteiger partial charge in [0.05, 0.1) is 6.61 Å². The summed E-state index contributed by atoms with van der Waals surface area (Å²) in [5.74, 6) is 0.0808. The van der Waals surface area contributed by atoms with Crippen molar-refractivity contribution in [2.24, 2.45) is 0 Å². The van der Waals surface area contributed by atoms with Gasteiger partial charge in [-0.2, -0.15) is 0 Å². The van der Waals surface area contributed by atoms with E-state index in [-0.39, 0.29) is 42.7 Å². The second kappa shape index (κ2) is 11.8. The molecule has 3 fully saturated rings. The maximum atomic E-state index is 16.8. The van der Waals surface area contributed by atoms with Gasteiger partial charge in [-0.25, -0.2) is 0 Å². The van der Waals surface area contributed by atoms with Gasteiger partial charge in [-0.1, -0.05) is 0 Å². The van der Waals surface area contributed by atoms with Gasteiger partial charge in [-0.3, -0.25) is 0 Å². The van der Waals surface area contributed by atoms with Gasteiger partial charge in [-0.15, -0.1) is 0 Å². The van der Waals surface area contributed by atoms with Crippen molar-refractivity contribution in [3.63, 3.8) is 0 Å². The van der Waals surface area contributed by atoms with Crippen LogP contribution in [0.1, 0.15) is 31.2 Å². The molecule has 2 aromatic heterocycles. The third-order valence-electron chi connectivity index (χ3n) is 8.97. The van der Waals surface area contributed by atoms with Crippen molar-refractivity contribution >= 4 is 57.0 Å². The van der Waals surface area contributed by atoms with Crippen LogP contribution in [0.5, 0.6) is 6.01 Å². The Balaban J connectivity index is 1.34. The Morgan fingerprint density at radius 1 is 1.23 bits per heavy atom. The fraction of sp³-hybridized carbons (Fsp3) is 0.452. The molecule has 5 heterocycles. The molecule has 0 unspecified atom stereocenters. The zero-order chi connectivity index (χ0) is 29.7. The normalized spacial score (nSPS) is 22.1. The van der Waals surface area contributed by atoms with E-state index in [1.165, 1.54) is 0 Å². The summed E-state index contributed by atoms with van der Waals surface area (Å²) >= 11 is 6.70. The molecule has 0 amide bonds. The molecule has 0 aliphatic carbocycles. The van der Waals surface area contributed by atoms with Crippen LogP contribution in [0.25, 0.3) is 31.7 Å². The van der Waals surface area contributed by atoms with Crippen LogP contribution in [0.15, 0.2) is 24.3 Å². The number of nitrogens with two attached hydrogens (primary N) is 1. The molecule has 3 aliphatic heterocycles. The first-order chi connectivity index (χ1) is 20.9. The first-order valence-electron chi connectivity index (χ1n) is 14.7. The number of nitrogen functional groups attached to an aromatic ring is 1. The third kappa shape index (κ3) is 5.24. The van der Waals surface area contributed by atoms with Crippen LogP contribution in [0.2, 0.25) is 5.02 Å². The van der Waals surface area contributed by atoms with E-state index in [2.05, 4.69) is 26.2 Å². The number of hydrogen-bond acceptors (Lipinski definition) is 9. The minimum absolute atomic E-state index is 0.155. The van der Waals surface area contributed by atoms with Crippen LogP contribution in [-0.4, -0.2) is 94.0 Å². The van der Waals surface area contributed by atoms with E-state index >= 15 is 4.39 Å². The van der Waals surface area contributed by atoms with Crippen molar-refractivity contribution in [1.82, 2.24) is 20.2 Å². The summed E-state index contributed by atoms with van der Waals surface area (Å²) in [6.07, 6.45) is 4.31. The van der Waals surface area contributed by atoms with E-state index in [9.17, 15) is 5.26 Å². The van der Waals surface area contributed by atoms with Gasteiger partial charge in [0.2, 0.25) is 0 Å². The Bertz CT molecular complexity index is 1730. The molecule has 7 rings (SSSR count). The molecule has 0 saturated carbocycles. The van der Waals surface area contributed by atoms with Gasteiger partial charge in [0.1, 0.15) is 0 Å². The van der Waals surface area contributed by atoms with Gasteiger partial charge in [-0.05, 0) is 13.0 Å². The van der Waals surface area contributed by atoms with E-state index in [0.29, 0.717) is 57.6 Å². The summed E-state index contributed by atoms with van der Waals surface area (Å²) in [5.41, 5.74) is 7.52. The Labute approximate surface area is 260 Å². The van der Waals surface area contributed by atoms with Crippen LogP contribution in [-0.2, 0) is 4.74 Å². The number of ether oxygens (including phenoxy) is 2. The standard InChI is InChI=1S/C31H33ClFN7O2Se/c1-41-11-10-39-9-3-4-19(39)16-42-31-37-28-21(30(38-31)40-14-17-7-8-18(15-40)36-17)12-23(32)26(27(28)33)20-5-2-6-24-25(20)22(13-34)29(35)43-24/h2,5-6,12,17-19,36H,3-4,7-11,14-16,35H2,1H3/t17-,18+,19-/m1/s1. The van der Waals surface area contributed by atoms with Crippen LogP contribution in [0.3, 0.4) is 0 Å². The quantitative estimate of drug-likeness (QED) is 0.267. The molecule has 12 heteroatoms.